The predicted molar refractivity (Wildman–Crippen MR) is 77.0 cm³/mol. The number of ether oxygens (including phenoxy) is 1. The maximum absolute atomic E-state index is 9.04. The first-order valence-corrected chi connectivity index (χ1v) is 6.91. The van der Waals surface area contributed by atoms with Gasteiger partial charge in [0.1, 0.15) is 6.07 Å². The SMILES string of the molecule is CCCOC1CCCN(c2cccc(C#N)c2N)C1. The van der Waals surface area contributed by atoms with Crippen molar-refractivity contribution in [2.24, 2.45) is 0 Å². The largest absolute Gasteiger partial charge is 0.396 e. The summed E-state index contributed by atoms with van der Waals surface area (Å²) in [6.07, 6.45) is 3.53. The van der Waals surface area contributed by atoms with Crippen molar-refractivity contribution in [3.05, 3.63) is 23.8 Å². The number of rotatable bonds is 4. The van der Waals surface area contributed by atoms with Gasteiger partial charge in [-0.3, -0.25) is 0 Å². The van der Waals surface area contributed by atoms with Crippen LogP contribution < -0.4 is 10.6 Å². The van der Waals surface area contributed by atoms with Crippen LogP contribution in [0.3, 0.4) is 0 Å². The minimum absolute atomic E-state index is 0.277. The van der Waals surface area contributed by atoms with Crippen molar-refractivity contribution < 1.29 is 4.74 Å². The Balaban J connectivity index is 2.11. The van der Waals surface area contributed by atoms with E-state index in [1.807, 2.05) is 12.1 Å². The number of nitrogen functional groups attached to an aromatic ring is 1. The van der Waals surface area contributed by atoms with Crippen molar-refractivity contribution in [2.45, 2.75) is 32.3 Å². The first-order chi connectivity index (χ1) is 9.26. The van der Waals surface area contributed by atoms with Crippen molar-refractivity contribution in [2.75, 3.05) is 30.3 Å². The second kappa shape index (κ2) is 6.44. The lowest BCUT2D eigenvalue weighted by Crippen LogP contribution is -2.40. The zero-order valence-electron chi connectivity index (χ0n) is 11.4. The van der Waals surface area contributed by atoms with Crippen LogP contribution in [0.1, 0.15) is 31.7 Å². The number of para-hydroxylation sites is 1. The zero-order chi connectivity index (χ0) is 13.7. The monoisotopic (exact) mass is 259 g/mol. The van der Waals surface area contributed by atoms with E-state index in [2.05, 4.69) is 17.9 Å². The van der Waals surface area contributed by atoms with Gasteiger partial charge in [0, 0.05) is 19.7 Å². The third-order valence-electron chi connectivity index (χ3n) is 3.48. The van der Waals surface area contributed by atoms with Crippen LogP contribution in [0.15, 0.2) is 18.2 Å². The Kier molecular flexibility index (Phi) is 4.64. The topological polar surface area (TPSA) is 62.3 Å². The number of nitriles is 1. The van der Waals surface area contributed by atoms with Crippen molar-refractivity contribution >= 4 is 11.4 Å². The highest BCUT2D eigenvalue weighted by molar-refractivity contribution is 5.74. The Bertz CT molecular complexity index is 467. The molecule has 4 nitrogen and oxygen atoms in total. The van der Waals surface area contributed by atoms with Gasteiger partial charge in [0.05, 0.1) is 23.0 Å². The van der Waals surface area contributed by atoms with Gasteiger partial charge in [-0.25, -0.2) is 0 Å². The van der Waals surface area contributed by atoms with Crippen LogP contribution >= 0.6 is 0 Å². The Morgan fingerprint density at radius 2 is 2.37 bits per heavy atom. The van der Waals surface area contributed by atoms with E-state index < -0.39 is 0 Å². The second-order valence-electron chi connectivity index (χ2n) is 4.93. The van der Waals surface area contributed by atoms with Gasteiger partial charge in [-0.2, -0.15) is 5.26 Å². The zero-order valence-corrected chi connectivity index (χ0v) is 11.4. The molecule has 0 spiro atoms. The van der Waals surface area contributed by atoms with E-state index in [0.29, 0.717) is 11.3 Å². The maximum atomic E-state index is 9.04. The number of piperidine rings is 1. The van der Waals surface area contributed by atoms with Gasteiger partial charge in [0.15, 0.2) is 0 Å². The summed E-state index contributed by atoms with van der Waals surface area (Å²) < 4.78 is 5.83. The number of nitrogens with zero attached hydrogens (tertiary/aromatic N) is 2. The summed E-state index contributed by atoms with van der Waals surface area (Å²) >= 11 is 0. The Labute approximate surface area is 114 Å². The van der Waals surface area contributed by atoms with Crippen LogP contribution in [0.2, 0.25) is 0 Å². The minimum atomic E-state index is 0.277. The normalized spacial score (nSPS) is 19.2. The van der Waals surface area contributed by atoms with E-state index >= 15 is 0 Å². The van der Waals surface area contributed by atoms with Crippen molar-refractivity contribution in [3.63, 3.8) is 0 Å². The number of benzene rings is 1. The smallest absolute Gasteiger partial charge is 0.101 e. The molecule has 0 amide bonds. The Morgan fingerprint density at radius 3 is 3.11 bits per heavy atom. The Morgan fingerprint density at radius 1 is 1.53 bits per heavy atom. The lowest BCUT2D eigenvalue weighted by Gasteiger charge is -2.35. The molecule has 2 rings (SSSR count). The highest BCUT2D eigenvalue weighted by Crippen LogP contribution is 2.29. The first kappa shape index (κ1) is 13.7. The van der Waals surface area contributed by atoms with Crippen LogP contribution in [0.25, 0.3) is 0 Å². The molecule has 1 heterocycles. The van der Waals surface area contributed by atoms with Crippen molar-refractivity contribution in [1.82, 2.24) is 0 Å². The van der Waals surface area contributed by atoms with Crippen LogP contribution in [0.4, 0.5) is 11.4 Å². The van der Waals surface area contributed by atoms with Gasteiger partial charge in [0.25, 0.3) is 0 Å². The van der Waals surface area contributed by atoms with Gasteiger partial charge in [0.2, 0.25) is 0 Å². The fourth-order valence-electron chi connectivity index (χ4n) is 2.50. The van der Waals surface area contributed by atoms with Crippen LogP contribution in [0.5, 0.6) is 0 Å². The summed E-state index contributed by atoms with van der Waals surface area (Å²) in [4.78, 5) is 2.24. The molecule has 1 saturated heterocycles. The standard InChI is InChI=1S/C15H21N3O/c1-2-9-19-13-6-4-8-18(11-13)14-7-3-5-12(10-16)15(14)17/h3,5,7,13H,2,4,6,8-9,11,17H2,1H3. The van der Waals surface area contributed by atoms with Crippen molar-refractivity contribution in [3.8, 4) is 6.07 Å². The van der Waals surface area contributed by atoms with E-state index in [9.17, 15) is 0 Å². The molecule has 1 aromatic rings. The Hall–Kier alpha value is -1.73. The van der Waals surface area contributed by atoms with Gasteiger partial charge in [-0.05, 0) is 31.4 Å². The quantitative estimate of drug-likeness (QED) is 0.844. The summed E-state index contributed by atoms with van der Waals surface area (Å²) in [6, 6.07) is 7.77. The number of anilines is 2. The third kappa shape index (κ3) is 3.18. The summed E-state index contributed by atoms with van der Waals surface area (Å²) in [5, 5.41) is 9.04. The highest BCUT2D eigenvalue weighted by Gasteiger charge is 2.22. The van der Waals surface area contributed by atoms with E-state index in [1.165, 1.54) is 0 Å². The van der Waals surface area contributed by atoms with E-state index in [1.54, 1.807) is 6.07 Å². The first-order valence-electron chi connectivity index (χ1n) is 6.91. The molecule has 0 aromatic heterocycles. The van der Waals surface area contributed by atoms with Crippen LogP contribution in [0, 0.1) is 11.3 Å². The summed E-state index contributed by atoms with van der Waals surface area (Å²) in [5.74, 6) is 0. The molecule has 1 aliphatic heterocycles. The minimum Gasteiger partial charge on any atom is -0.396 e. The molecule has 0 bridgehead atoms. The molecule has 19 heavy (non-hydrogen) atoms. The molecule has 1 aliphatic rings. The molecular formula is C15H21N3O. The van der Waals surface area contributed by atoms with E-state index in [-0.39, 0.29) is 6.10 Å². The van der Waals surface area contributed by atoms with Crippen molar-refractivity contribution in [1.29, 1.82) is 5.26 Å². The molecule has 1 fully saturated rings. The van der Waals surface area contributed by atoms with E-state index in [4.69, 9.17) is 15.7 Å². The fourth-order valence-corrected chi connectivity index (χ4v) is 2.50. The van der Waals surface area contributed by atoms with Gasteiger partial charge in [-0.15, -0.1) is 0 Å². The van der Waals surface area contributed by atoms with Gasteiger partial charge >= 0.3 is 0 Å². The maximum Gasteiger partial charge on any atom is 0.101 e. The van der Waals surface area contributed by atoms with Gasteiger partial charge in [-0.1, -0.05) is 13.0 Å². The summed E-state index contributed by atoms with van der Waals surface area (Å²) in [7, 11) is 0. The number of hydrogen-bond acceptors (Lipinski definition) is 4. The second-order valence-corrected chi connectivity index (χ2v) is 4.93. The lowest BCUT2D eigenvalue weighted by atomic mass is 10.1. The molecule has 0 aliphatic carbocycles. The molecule has 102 valence electrons. The molecule has 0 saturated carbocycles. The highest BCUT2D eigenvalue weighted by atomic mass is 16.5. The molecule has 1 unspecified atom stereocenters. The average molecular weight is 259 g/mol. The average Bonchev–Trinajstić information content (AvgIpc) is 2.45. The fraction of sp³-hybridized carbons (Fsp3) is 0.533. The molecule has 1 aromatic carbocycles. The molecule has 0 radical (unpaired) electrons. The van der Waals surface area contributed by atoms with Gasteiger partial charge < -0.3 is 15.4 Å². The molecular weight excluding hydrogens is 238 g/mol. The number of nitrogens with two attached hydrogens (primary N) is 1. The summed E-state index contributed by atoms with van der Waals surface area (Å²) in [5.41, 5.74) is 8.16. The van der Waals surface area contributed by atoms with Crippen LogP contribution in [-0.2, 0) is 4.74 Å². The number of hydrogen-bond donors (Lipinski definition) is 1. The molecule has 4 heteroatoms. The predicted octanol–water partition coefficient (Wildman–Crippen LogP) is 2.54. The molecule has 1 atom stereocenters. The van der Waals surface area contributed by atoms with E-state index in [0.717, 1.165) is 44.6 Å². The third-order valence-corrected chi connectivity index (χ3v) is 3.48. The molecule has 2 N–H and O–H groups in total. The van der Waals surface area contributed by atoms with Crippen LogP contribution in [-0.4, -0.2) is 25.8 Å². The summed E-state index contributed by atoms with van der Waals surface area (Å²) in [6.45, 7) is 4.77. The lowest BCUT2D eigenvalue weighted by molar-refractivity contribution is 0.0441.